The summed E-state index contributed by atoms with van der Waals surface area (Å²) in [6.07, 6.45) is -0.0446. The molecule has 1 amide bonds. The van der Waals surface area contributed by atoms with Gasteiger partial charge in [-0.2, -0.15) is 0 Å². The first-order valence-electron chi connectivity index (χ1n) is 6.61. The lowest BCUT2D eigenvalue weighted by atomic mass is 10.1. The molecule has 0 saturated heterocycles. The van der Waals surface area contributed by atoms with Crippen molar-refractivity contribution in [1.29, 1.82) is 0 Å². The summed E-state index contributed by atoms with van der Waals surface area (Å²) in [5, 5.41) is 3.35. The predicted molar refractivity (Wildman–Crippen MR) is 72.3 cm³/mol. The van der Waals surface area contributed by atoms with Gasteiger partial charge in [0.25, 0.3) is 5.91 Å². The molecule has 5 nitrogen and oxygen atoms in total. The van der Waals surface area contributed by atoms with Gasteiger partial charge in [0.2, 0.25) is 0 Å². The summed E-state index contributed by atoms with van der Waals surface area (Å²) in [6.45, 7) is 5.44. The van der Waals surface area contributed by atoms with E-state index < -0.39 is 12.0 Å². The molecule has 19 heavy (non-hydrogen) atoms. The van der Waals surface area contributed by atoms with E-state index >= 15 is 0 Å². The fourth-order valence-electron chi connectivity index (χ4n) is 2.19. The molecule has 0 bridgehead atoms. The SMILES string of the molecule is CCNC1COc2cc(OC(CC)C(N)=O)ccc21. The fourth-order valence-corrected chi connectivity index (χ4v) is 2.19. The lowest BCUT2D eigenvalue weighted by Crippen LogP contribution is -2.32. The molecule has 0 radical (unpaired) electrons. The quantitative estimate of drug-likeness (QED) is 0.814. The molecule has 0 saturated carbocycles. The average molecular weight is 264 g/mol. The summed E-state index contributed by atoms with van der Waals surface area (Å²) in [5.41, 5.74) is 6.39. The molecule has 0 spiro atoms. The minimum Gasteiger partial charge on any atom is -0.491 e. The van der Waals surface area contributed by atoms with E-state index in [-0.39, 0.29) is 6.04 Å². The second-order valence-corrected chi connectivity index (χ2v) is 4.54. The van der Waals surface area contributed by atoms with Crippen molar-refractivity contribution >= 4 is 5.91 Å². The summed E-state index contributed by atoms with van der Waals surface area (Å²) < 4.78 is 11.2. The van der Waals surface area contributed by atoms with E-state index in [1.165, 1.54) is 0 Å². The summed E-state index contributed by atoms with van der Waals surface area (Å²) in [4.78, 5) is 11.2. The highest BCUT2D eigenvalue weighted by molar-refractivity contribution is 5.79. The van der Waals surface area contributed by atoms with Crippen LogP contribution in [0.1, 0.15) is 31.9 Å². The molecule has 1 aromatic rings. The number of benzene rings is 1. The average Bonchev–Trinajstić information content (AvgIpc) is 2.79. The first-order valence-corrected chi connectivity index (χ1v) is 6.61. The molecule has 1 aliphatic heterocycles. The Labute approximate surface area is 113 Å². The third kappa shape index (κ3) is 2.98. The van der Waals surface area contributed by atoms with E-state index in [0.717, 1.165) is 17.9 Å². The van der Waals surface area contributed by atoms with Crippen LogP contribution >= 0.6 is 0 Å². The van der Waals surface area contributed by atoms with Gasteiger partial charge in [0, 0.05) is 11.6 Å². The molecule has 1 aromatic carbocycles. The number of rotatable bonds is 6. The van der Waals surface area contributed by atoms with Gasteiger partial charge in [-0.3, -0.25) is 4.79 Å². The number of hydrogen-bond acceptors (Lipinski definition) is 4. The number of primary amides is 1. The van der Waals surface area contributed by atoms with Crippen molar-refractivity contribution in [2.24, 2.45) is 5.73 Å². The number of carbonyl (C=O) groups excluding carboxylic acids is 1. The van der Waals surface area contributed by atoms with Crippen molar-refractivity contribution in [1.82, 2.24) is 5.32 Å². The standard InChI is InChI=1S/C14H20N2O3/c1-3-12(14(15)17)19-9-5-6-10-11(16-4-2)8-18-13(10)7-9/h5-7,11-12,16H,3-4,8H2,1-2H3,(H2,15,17). The molecular weight excluding hydrogens is 244 g/mol. The summed E-state index contributed by atoms with van der Waals surface area (Å²) >= 11 is 0. The van der Waals surface area contributed by atoms with Crippen molar-refractivity contribution < 1.29 is 14.3 Å². The van der Waals surface area contributed by atoms with E-state index in [2.05, 4.69) is 12.2 Å². The molecule has 0 aromatic heterocycles. The number of nitrogens with two attached hydrogens (primary N) is 1. The van der Waals surface area contributed by atoms with Crippen LogP contribution in [0.2, 0.25) is 0 Å². The van der Waals surface area contributed by atoms with E-state index in [1.54, 1.807) is 0 Å². The molecule has 104 valence electrons. The van der Waals surface area contributed by atoms with Gasteiger partial charge in [0.15, 0.2) is 6.10 Å². The summed E-state index contributed by atoms with van der Waals surface area (Å²) in [6, 6.07) is 5.87. The van der Waals surface area contributed by atoms with Crippen molar-refractivity contribution in [3.05, 3.63) is 23.8 Å². The zero-order valence-electron chi connectivity index (χ0n) is 11.3. The molecule has 2 atom stereocenters. The van der Waals surface area contributed by atoms with Gasteiger partial charge >= 0.3 is 0 Å². The minimum atomic E-state index is -0.594. The van der Waals surface area contributed by atoms with Gasteiger partial charge in [0.05, 0.1) is 6.04 Å². The van der Waals surface area contributed by atoms with Crippen LogP contribution in [0.15, 0.2) is 18.2 Å². The number of hydrogen-bond donors (Lipinski definition) is 2. The predicted octanol–water partition coefficient (Wildman–Crippen LogP) is 1.37. The molecular formula is C14H20N2O3. The van der Waals surface area contributed by atoms with E-state index in [9.17, 15) is 4.79 Å². The molecule has 2 unspecified atom stereocenters. The van der Waals surface area contributed by atoms with Crippen molar-refractivity contribution in [3.8, 4) is 11.5 Å². The Bertz CT molecular complexity index is 462. The maximum absolute atomic E-state index is 11.2. The van der Waals surface area contributed by atoms with Crippen LogP contribution in [0, 0.1) is 0 Å². The third-order valence-electron chi connectivity index (χ3n) is 3.18. The van der Waals surface area contributed by atoms with Crippen LogP contribution < -0.4 is 20.5 Å². The number of likely N-dealkylation sites (N-methyl/N-ethyl adjacent to an activating group) is 1. The Morgan fingerprint density at radius 3 is 3.00 bits per heavy atom. The Morgan fingerprint density at radius 2 is 2.37 bits per heavy atom. The first kappa shape index (κ1) is 13.7. The molecule has 0 aliphatic carbocycles. The largest absolute Gasteiger partial charge is 0.491 e. The normalized spacial score (nSPS) is 18.5. The molecule has 1 aliphatic rings. The van der Waals surface area contributed by atoms with Gasteiger partial charge in [-0.05, 0) is 25.1 Å². The Hall–Kier alpha value is -1.75. The van der Waals surface area contributed by atoms with Crippen LogP contribution in [0.3, 0.4) is 0 Å². The Balaban J connectivity index is 2.12. The number of ether oxygens (including phenoxy) is 2. The zero-order chi connectivity index (χ0) is 13.8. The lowest BCUT2D eigenvalue weighted by molar-refractivity contribution is -0.124. The summed E-state index contributed by atoms with van der Waals surface area (Å²) in [7, 11) is 0. The van der Waals surface area contributed by atoms with Crippen molar-refractivity contribution in [3.63, 3.8) is 0 Å². The van der Waals surface area contributed by atoms with Crippen LogP contribution in [-0.2, 0) is 4.79 Å². The van der Waals surface area contributed by atoms with Crippen LogP contribution in [-0.4, -0.2) is 25.2 Å². The molecule has 3 N–H and O–H groups in total. The third-order valence-corrected chi connectivity index (χ3v) is 3.18. The van der Waals surface area contributed by atoms with E-state index in [1.807, 2.05) is 25.1 Å². The zero-order valence-corrected chi connectivity index (χ0v) is 11.3. The number of carbonyl (C=O) groups is 1. The smallest absolute Gasteiger partial charge is 0.258 e. The molecule has 1 heterocycles. The Morgan fingerprint density at radius 1 is 1.58 bits per heavy atom. The van der Waals surface area contributed by atoms with Crippen LogP contribution in [0.25, 0.3) is 0 Å². The van der Waals surface area contributed by atoms with Crippen LogP contribution in [0.4, 0.5) is 0 Å². The van der Waals surface area contributed by atoms with Gasteiger partial charge < -0.3 is 20.5 Å². The second-order valence-electron chi connectivity index (χ2n) is 4.54. The number of fused-ring (bicyclic) bond motifs is 1. The van der Waals surface area contributed by atoms with Crippen LogP contribution in [0.5, 0.6) is 11.5 Å². The van der Waals surface area contributed by atoms with Crippen molar-refractivity contribution in [2.45, 2.75) is 32.4 Å². The Kier molecular flexibility index (Phi) is 4.27. The fraction of sp³-hybridized carbons (Fsp3) is 0.500. The van der Waals surface area contributed by atoms with E-state index in [4.69, 9.17) is 15.2 Å². The van der Waals surface area contributed by atoms with Gasteiger partial charge in [0.1, 0.15) is 18.1 Å². The number of nitrogens with one attached hydrogen (secondary N) is 1. The maximum Gasteiger partial charge on any atom is 0.258 e. The summed E-state index contributed by atoms with van der Waals surface area (Å²) in [5.74, 6) is 0.971. The topological polar surface area (TPSA) is 73.6 Å². The van der Waals surface area contributed by atoms with Gasteiger partial charge in [-0.1, -0.05) is 13.8 Å². The maximum atomic E-state index is 11.2. The molecule has 5 heteroatoms. The highest BCUT2D eigenvalue weighted by Gasteiger charge is 2.24. The second kappa shape index (κ2) is 5.93. The molecule has 2 rings (SSSR count). The first-order chi connectivity index (χ1) is 9.15. The minimum absolute atomic E-state index is 0.229. The molecule has 0 fully saturated rings. The highest BCUT2D eigenvalue weighted by Crippen LogP contribution is 2.35. The van der Waals surface area contributed by atoms with Gasteiger partial charge in [-0.15, -0.1) is 0 Å². The van der Waals surface area contributed by atoms with Gasteiger partial charge in [-0.25, -0.2) is 0 Å². The monoisotopic (exact) mass is 264 g/mol. The van der Waals surface area contributed by atoms with Crippen molar-refractivity contribution in [2.75, 3.05) is 13.2 Å². The van der Waals surface area contributed by atoms with E-state index in [0.29, 0.717) is 18.8 Å². The lowest BCUT2D eigenvalue weighted by Gasteiger charge is -2.15. The number of amides is 1. The highest BCUT2D eigenvalue weighted by atomic mass is 16.5.